The Morgan fingerprint density at radius 3 is 2.48 bits per heavy atom. The number of hydrogen-bond acceptors (Lipinski definition) is 3. The minimum Gasteiger partial charge on any atom is -0.508 e. The Kier molecular flexibility index (Phi) is 4.48. The quantitative estimate of drug-likeness (QED) is 0.596. The van der Waals surface area contributed by atoms with Crippen LogP contribution >= 0.6 is 0 Å². The van der Waals surface area contributed by atoms with Gasteiger partial charge in [-0.3, -0.25) is 4.79 Å². The summed E-state index contributed by atoms with van der Waals surface area (Å²) >= 11 is 0. The second-order valence-electron chi connectivity index (χ2n) is 5.35. The van der Waals surface area contributed by atoms with E-state index in [0.29, 0.717) is 18.2 Å². The summed E-state index contributed by atoms with van der Waals surface area (Å²) in [5.74, 6) is 0.215. The predicted octanol–water partition coefficient (Wildman–Crippen LogP) is 3.03. The molecule has 2 aromatic rings. The molecule has 0 radical (unpaired) electrons. The van der Waals surface area contributed by atoms with Crippen molar-refractivity contribution in [1.82, 2.24) is 5.32 Å². The first-order valence-corrected chi connectivity index (χ1v) is 6.93. The Balaban J connectivity index is 2.02. The fourth-order valence-corrected chi connectivity index (χ4v) is 2.04. The van der Waals surface area contributed by atoms with Crippen molar-refractivity contribution in [2.45, 2.75) is 26.3 Å². The van der Waals surface area contributed by atoms with Gasteiger partial charge in [-0.2, -0.15) is 0 Å². The molecule has 2 aromatic carbocycles. The third kappa shape index (κ3) is 3.75. The molecular formula is C17H20N2O2. The minimum atomic E-state index is -0.295. The summed E-state index contributed by atoms with van der Waals surface area (Å²) in [6.45, 7) is 4.70. The molecule has 110 valence electrons. The molecule has 0 aliphatic carbocycles. The van der Waals surface area contributed by atoms with Crippen LogP contribution in [0.1, 0.15) is 41.3 Å². The summed E-state index contributed by atoms with van der Waals surface area (Å²) in [6.07, 6.45) is 0. The number of carbonyl (C=O) groups excluding carboxylic acids is 1. The maximum Gasteiger partial charge on any atom is 0.253 e. The van der Waals surface area contributed by atoms with Crippen molar-refractivity contribution in [2.75, 3.05) is 5.73 Å². The molecule has 0 saturated carbocycles. The average molecular weight is 284 g/mol. The van der Waals surface area contributed by atoms with Crippen molar-refractivity contribution in [3.63, 3.8) is 0 Å². The van der Waals surface area contributed by atoms with E-state index in [4.69, 9.17) is 5.73 Å². The predicted molar refractivity (Wildman–Crippen MR) is 84.2 cm³/mol. The molecule has 0 aromatic heterocycles. The normalized spacial score (nSPS) is 10.6. The number of carbonyl (C=O) groups is 1. The third-order valence-electron chi connectivity index (χ3n) is 3.38. The zero-order valence-electron chi connectivity index (χ0n) is 12.3. The van der Waals surface area contributed by atoms with Crippen molar-refractivity contribution < 1.29 is 9.90 Å². The van der Waals surface area contributed by atoms with Gasteiger partial charge in [0, 0.05) is 12.2 Å². The highest BCUT2D eigenvalue weighted by Crippen LogP contribution is 2.18. The van der Waals surface area contributed by atoms with Gasteiger partial charge in [0.05, 0.1) is 5.56 Å². The van der Waals surface area contributed by atoms with Crippen LogP contribution in [0, 0.1) is 0 Å². The number of nitrogen functional groups attached to an aromatic ring is 1. The number of hydrogen-bond donors (Lipinski definition) is 3. The van der Waals surface area contributed by atoms with E-state index in [2.05, 4.69) is 31.3 Å². The second kappa shape index (κ2) is 6.31. The number of phenolic OH excluding ortho intramolecular Hbond substituents is 1. The van der Waals surface area contributed by atoms with Gasteiger partial charge in [0.1, 0.15) is 5.75 Å². The summed E-state index contributed by atoms with van der Waals surface area (Å²) < 4.78 is 0. The Morgan fingerprint density at radius 2 is 1.86 bits per heavy atom. The summed E-state index contributed by atoms with van der Waals surface area (Å²) in [4.78, 5) is 12.1. The van der Waals surface area contributed by atoms with Crippen molar-refractivity contribution in [1.29, 1.82) is 0 Å². The Hall–Kier alpha value is -2.49. The third-order valence-corrected chi connectivity index (χ3v) is 3.38. The van der Waals surface area contributed by atoms with Crippen molar-refractivity contribution in [3.8, 4) is 5.75 Å². The van der Waals surface area contributed by atoms with Gasteiger partial charge in [0.15, 0.2) is 0 Å². The fraction of sp³-hybridized carbons (Fsp3) is 0.235. The van der Waals surface area contributed by atoms with E-state index in [-0.39, 0.29) is 17.2 Å². The van der Waals surface area contributed by atoms with E-state index in [1.807, 2.05) is 12.1 Å². The van der Waals surface area contributed by atoms with Crippen LogP contribution in [0.5, 0.6) is 5.75 Å². The van der Waals surface area contributed by atoms with Crippen LogP contribution in [0.15, 0.2) is 42.5 Å². The number of anilines is 1. The molecule has 4 heteroatoms. The topological polar surface area (TPSA) is 75.3 Å². The Morgan fingerprint density at radius 1 is 1.19 bits per heavy atom. The fourth-order valence-electron chi connectivity index (χ4n) is 2.04. The van der Waals surface area contributed by atoms with Gasteiger partial charge in [-0.25, -0.2) is 0 Å². The molecule has 0 unspecified atom stereocenters. The van der Waals surface area contributed by atoms with Crippen molar-refractivity contribution in [2.24, 2.45) is 0 Å². The smallest absolute Gasteiger partial charge is 0.253 e. The molecule has 1 amide bonds. The van der Waals surface area contributed by atoms with Crippen LogP contribution in [0.25, 0.3) is 0 Å². The summed E-state index contributed by atoms with van der Waals surface area (Å²) in [6, 6.07) is 12.5. The summed E-state index contributed by atoms with van der Waals surface area (Å²) in [5, 5.41) is 12.2. The van der Waals surface area contributed by atoms with Crippen LogP contribution in [-0.4, -0.2) is 11.0 Å². The van der Waals surface area contributed by atoms with Gasteiger partial charge >= 0.3 is 0 Å². The molecule has 21 heavy (non-hydrogen) atoms. The van der Waals surface area contributed by atoms with Gasteiger partial charge in [-0.05, 0) is 35.2 Å². The van der Waals surface area contributed by atoms with Crippen LogP contribution in [0.3, 0.4) is 0 Å². The van der Waals surface area contributed by atoms with Gasteiger partial charge in [-0.15, -0.1) is 0 Å². The number of rotatable bonds is 4. The minimum absolute atomic E-state index is 0.0237. The van der Waals surface area contributed by atoms with Gasteiger partial charge in [-0.1, -0.05) is 38.1 Å². The van der Waals surface area contributed by atoms with Gasteiger partial charge in [0.2, 0.25) is 0 Å². The Bertz CT molecular complexity index is 634. The maximum absolute atomic E-state index is 12.1. The molecule has 0 atom stereocenters. The Labute approximate surface area is 124 Å². The first-order valence-electron chi connectivity index (χ1n) is 6.93. The second-order valence-corrected chi connectivity index (χ2v) is 5.35. The first kappa shape index (κ1) is 14.9. The molecule has 4 nitrogen and oxygen atoms in total. The number of amides is 1. The molecule has 0 heterocycles. The number of aromatic hydroxyl groups is 1. The van der Waals surface area contributed by atoms with E-state index in [1.54, 1.807) is 0 Å². The monoisotopic (exact) mass is 284 g/mol. The largest absolute Gasteiger partial charge is 0.508 e. The summed E-state index contributed by atoms with van der Waals surface area (Å²) in [5.41, 5.74) is 8.66. The van der Waals surface area contributed by atoms with Crippen molar-refractivity contribution in [3.05, 3.63) is 59.2 Å². The molecule has 0 aliphatic heterocycles. The lowest BCUT2D eigenvalue weighted by atomic mass is 10.0. The molecule has 0 saturated heterocycles. The van der Waals surface area contributed by atoms with Crippen LogP contribution < -0.4 is 11.1 Å². The van der Waals surface area contributed by atoms with Gasteiger partial charge in [0.25, 0.3) is 5.91 Å². The highest BCUT2D eigenvalue weighted by Gasteiger charge is 2.10. The van der Waals surface area contributed by atoms with E-state index in [1.165, 1.54) is 23.8 Å². The van der Waals surface area contributed by atoms with Crippen LogP contribution in [-0.2, 0) is 6.54 Å². The number of benzene rings is 2. The highest BCUT2D eigenvalue weighted by molar-refractivity contribution is 5.99. The molecule has 0 spiro atoms. The van der Waals surface area contributed by atoms with E-state index in [0.717, 1.165) is 5.56 Å². The molecule has 2 rings (SSSR count). The molecular weight excluding hydrogens is 264 g/mol. The SMILES string of the molecule is CC(C)c1ccc(CNC(=O)c2cc(O)ccc2N)cc1. The standard InChI is InChI=1S/C17H20N2O2/c1-11(2)13-5-3-12(4-6-13)10-19-17(21)15-9-14(20)7-8-16(15)18/h3-9,11,20H,10,18H2,1-2H3,(H,19,21). The molecule has 0 fully saturated rings. The number of nitrogens with one attached hydrogen (secondary N) is 1. The summed E-state index contributed by atoms with van der Waals surface area (Å²) in [7, 11) is 0. The number of phenols is 1. The molecule has 0 aliphatic rings. The zero-order valence-corrected chi connectivity index (χ0v) is 12.3. The van der Waals surface area contributed by atoms with Crippen LogP contribution in [0.2, 0.25) is 0 Å². The zero-order chi connectivity index (χ0) is 15.4. The first-order chi connectivity index (χ1) is 9.97. The van der Waals surface area contributed by atoms with E-state index < -0.39 is 0 Å². The van der Waals surface area contributed by atoms with E-state index in [9.17, 15) is 9.90 Å². The maximum atomic E-state index is 12.1. The molecule has 0 bridgehead atoms. The van der Waals surface area contributed by atoms with Crippen LogP contribution in [0.4, 0.5) is 5.69 Å². The molecule has 4 N–H and O–H groups in total. The van der Waals surface area contributed by atoms with E-state index >= 15 is 0 Å². The lowest BCUT2D eigenvalue weighted by Gasteiger charge is -2.09. The lowest BCUT2D eigenvalue weighted by molar-refractivity contribution is 0.0951. The number of nitrogens with two attached hydrogens (primary N) is 1. The highest BCUT2D eigenvalue weighted by atomic mass is 16.3. The average Bonchev–Trinajstić information content (AvgIpc) is 2.47. The van der Waals surface area contributed by atoms with Crippen molar-refractivity contribution >= 4 is 11.6 Å². The van der Waals surface area contributed by atoms with Gasteiger partial charge < -0.3 is 16.2 Å². The lowest BCUT2D eigenvalue weighted by Crippen LogP contribution is -2.23.